The van der Waals surface area contributed by atoms with Crippen molar-refractivity contribution in [1.29, 1.82) is 0 Å². The van der Waals surface area contributed by atoms with Gasteiger partial charge in [-0.05, 0) is 11.8 Å². The molecule has 7 aromatic rings. The zero-order chi connectivity index (χ0) is 29.1. The van der Waals surface area contributed by atoms with Crippen LogP contribution in [0.15, 0.2) is 126 Å². The molecule has 0 unspecified atom stereocenters. The van der Waals surface area contributed by atoms with Crippen LogP contribution in [0.25, 0.3) is 55.6 Å². The summed E-state index contributed by atoms with van der Waals surface area (Å²) in [5.74, 6) is 7.20. The van der Waals surface area contributed by atoms with E-state index >= 15 is 0 Å². The van der Waals surface area contributed by atoms with Crippen molar-refractivity contribution < 1.29 is 24.5 Å². The summed E-state index contributed by atoms with van der Waals surface area (Å²) in [6, 6.07) is 43.5. The molecule has 0 aliphatic rings. The first-order valence-corrected chi connectivity index (χ1v) is 21.5. The fourth-order valence-corrected chi connectivity index (χ4v) is 8.22. The molecule has 215 valence electrons. The van der Waals surface area contributed by atoms with Crippen LogP contribution in [0.4, 0.5) is 0 Å². The molecule has 0 amide bonds. The van der Waals surface area contributed by atoms with Crippen LogP contribution < -0.4 is 4.40 Å². The Labute approximate surface area is 269 Å². The first kappa shape index (κ1) is 30.6. The van der Waals surface area contributed by atoms with Crippen molar-refractivity contribution in [2.24, 2.45) is 0 Å². The molecule has 7 rings (SSSR count). The van der Waals surface area contributed by atoms with Crippen LogP contribution in [0.2, 0.25) is 17.3 Å². The number of fused-ring (bicyclic) bond motifs is 3. The quantitative estimate of drug-likeness (QED) is 0.132. The maximum absolute atomic E-state index is 6.40. The number of aryl methyl sites for hydroxylation is 1. The third-order valence-corrected chi connectivity index (χ3v) is 11.6. The summed E-state index contributed by atoms with van der Waals surface area (Å²) in [6.45, 7) is 2.12. The molecular weight excluding hydrogens is 765 g/mol. The number of rotatable bonds is 4. The van der Waals surface area contributed by atoms with E-state index in [2.05, 4.69) is 95.9 Å². The molecule has 3 nitrogen and oxygen atoms in total. The number of benzene rings is 4. The van der Waals surface area contributed by atoms with E-state index in [1.165, 1.54) is 26.5 Å². The maximum Gasteiger partial charge on any atom is 0.0160 e. The van der Waals surface area contributed by atoms with Crippen molar-refractivity contribution in [3.63, 3.8) is 0 Å². The number of aromatic nitrogens is 2. The van der Waals surface area contributed by atoms with Gasteiger partial charge in [-0.2, -0.15) is 0 Å². The van der Waals surface area contributed by atoms with Crippen molar-refractivity contribution in [2.45, 2.75) is 24.2 Å². The maximum atomic E-state index is 6.40. The van der Waals surface area contributed by atoms with Gasteiger partial charge in [0.05, 0.1) is 0 Å². The summed E-state index contributed by atoms with van der Waals surface area (Å²) < 4.78 is 7.81. The second-order valence-corrected chi connectivity index (χ2v) is 22.0. The Bertz CT molecular complexity index is 1930. The zero-order valence-corrected chi connectivity index (χ0v) is 29.2. The third kappa shape index (κ3) is 6.73. The van der Waals surface area contributed by atoms with Gasteiger partial charge in [0.2, 0.25) is 0 Å². The smallest absolute Gasteiger partial charge is 0.0160 e. The number of nitrogens with zero attached hydrogens (tertiary/aromatic N) is 2. The fraction of sp³-hybridized carbons (Fsp3) is 0.105. The van der Waals surface area contributed by atoms with Crippen molar-refractivity contribution >= 4 is 39.6 Å². The largest absolute Gasteiger partial charge is 0.305 e. The molecule has 0 fully saturated rings. The summed E-state index contributed by atoms with van der Waals surface area (Å²) in [5, 5.41) is 2.25. The Morgan fingerprint density at radius 3 is 2.21 bits per heavy atom. The van der Waals surface area contributed by atoms with Gasteiger partial charge in [0, 0.05) is 26.3 Å². The molecule has 43 heavy (non-hydrogen) atoms. The molecule has 0 saturated heterocycles. The Morgan fingerprint density at radius 1 is 0.698 bits per heavy atom. The van der Waals surface area contributed by atoms with Crippen LogP contribution in [0.3, 0.4) is 0 Å². The van der Waals surface area contributed by atoms with Crippen LogP contribution in [0.5, 0.6) is 0 Å². The average molecular weight is 798 g/mol. The summed E-state index contributed by atoms with van der Waals surface area (Å²) in [6.07, 6.45) is 3.74. The first-order valence-electron chi connectivity index (χ1n) is 14.2. The second kappa shape index (κ2) is 13.2. The SMILES string of the molecule is Cc1c[c-]c(-c2cc3oc4[c]([Ge]([CH3])([CH3])[CH3])cccc4c3cn2)cc1-c1ccccc1.[Ir].[c-]1ccccc1-c1ccccn1. The van der Waals surface area contributed by atoms with Gasteiger partial charge in [-0.1, -0.05) is 18.2 Å². The second-order valence-electron chi connectivity index (χ2n) is 11.4. The van der Waals surface area contributed by atoms with E-state index in [1.807, 2.05) is 60.8 Å². The minimum Gasteiger partial charge on any atom is -0.305 e. The molecule has 0 saturated carbocycles. The van der Waals surface area contributed by atoms with Gasteiger partial charge in [-0.25, -0.2) is 0 Å². The molecule has 0 atom stereocenters. The van der Waals surface area contributed by atoms with Gasteiger partial charge in [0.15, 0.2) is 0 Å². The number of para-hydroxylation sites is 1. The summed E-state index contributed by atoms with van der Waals surface area (Å²) in [4.78, 5) is 9.00. The molecule has 0 aliphatic carbocycles. The minimum absolute atomic E-state index is 0. The van der Waals surface area contributed by atoms with Gasteiger partial charge in [0.1, 0.15) is 0 Å². The first-order chi connectivity index (χ1) is 20.4. The van der Waals surface area contributed by atoms with Gasteiger partial charge < -0.3 is 4.98 Å². The van der Waals surface area contributed by atoms with Gasteiger partial charge in [-0.15, -0.1) is 35.9 Å². The molecule has 0 bridgehead atoms. The van der Waals surface area contributed by atoms with Gasteiger partial charge >= 0.3 is 174 Å². The Kier molecular flexibility index (Phi) is 9.41. The topological polar surface area (TPSA) is 38.9 Å². The molecule has 3 aromatic heterocycles. The molecular formula is C38H32GeIrN2O-2. The molecule has 4 aromatic carbocycles. The molecule has 1 radical (unpaired) electrons. The van der Waals surface area contributed by atoms with E-state index in [4.69, 9.17) is 9.40 Å². The monoisotopic (exact) mass is 799 g/mol. The number of hydrogen-bond donors (Lipinski definition) is 0. The van der Waals surface area contributed by atoms with Crippen molar-refractivity contribution in [1.82, 2.24) is 9.97 Å². The van der Waals surface area contributed by atoms with Gasteiger partial charge in [0.25, 0.3) is 0 Å². The molecule has 3 heterocycles. The van der Waals surface area contributed by atoms with E-state index in [0.717, 1.165) is 39.1 Å². The Morgan fingerprint density at radius 2 is 1.49 bits per heavy atom. The summed E-state index contributed by atoms with van der Waals surface area (Å²) in [5.41, 5.74) is 9.43. The molecule has 0 aliphatic heterocycles. The standard InChI is InChI=1S/C27H24GeNO.C11H8N.Ir/c1-18-13-14-20(15-22(18)19-9-6-5-7-10-19)25-16-26-23(17-29-25)21-11-8-12-24(27(21)30-26)28(2,3)4;1-2-6-10(7-3-1)11-8-4-5-9-12-11;/h5-13,15-17H,1-4H3;1-6,8-9H;/q2*-1;. The van der Waals surface area contributed by atoms with Gasteiger partial charge in [-0.3, -0.25) is 0 Å². The zero-order valence-electron chi connectivity index (χ0n) is 24.7. The average Bonchev–Trinajstić information content (AvgIpc) is 3.40. The van der Waals surface area contributed by atoms with E-state index in [-0.39, 0.29) is 20.1 Å². The predicted molar refractivity (Wildman–Crippen MR) is 177 cm³/mol. The van der Waals surface area contributed by atoms with E-state index < -0.39 is 13.3 Å². The van der Waals surface area contributed by atoms with E-state index in [1.54, 1.807) is 6.20 Å². The van der Waals surface area contributed by atoms with E-state index in [0.29, 0.717) is 0 Å². The van der Waals surface area contributed by atoms with Crippen molar-refractivity contribution in [3.05, 3.63) is 139 Å². The van der Waals surface area contributed by atoms with Crippen molar-refractivity contribution in [3.8, 4) is 33.6 Å². The minimum atomic E-state index is -2.04. The van der Waals surface area contributed by atoms with Crippen LogP contribution in [-0.2, 0) is 20.1 Å². The third-order valence-electron chi connectivity index (χ3n) is 7.36. The van der Waals surface area contributed by atoms with Crippen molar-refractivity contribution in [2.75, 3.05) is 0 Å². The fourth-order valence-electron chi connectivity index (χ4n) is 5.15. The Hall–Kier alpha value is -3.83. The number of furan rings is 1. The van der Waals surface area contributed by atoms with Crippen LogP contribution in [-0.4, -0.2) is 23.2 Å². The van der Waals surface area contributed by atoms with Crippen LogP contribution >= 0.6 is 0 Å². The normalized spacial score (nSPS) is 11.1. The molecule has 0 spiro atoms. The molecule has 5 heteroatoms. The van der Waals surface area contributed by atoms with Crippen LogP contribution in [0, 0.1) is 19.1 Å². The number of pyridine rings is 2. The number of hydrogen-bond acceptors (Lipinski definition) is 3. The Balaban J connectivity index is 0.000000238. The van der Waals surface area contributed by atoms with Crippen LogP contribution in [0.1, 0.15) is 5.56 Å². The van der Waals surface area contributed by atoms with E-state index in [9.17, 15) is 0 Å². The molecule has 0 N–H and O–H groups in total. The predicted octanol–water partition coefficient (Wildman–Crippen LogP) is 9.52. The summed E-state index contributed by atoms with van der Waals surface area (Å²) in [7, 11) is 0. The summed E-state index contributed by atoms with van der Waals surface area (Å²) >= 11 is -2.04.